The molecule has 0 aliphatic heterocycles. The van der Waals surface area contributed by atoms with Gasteiger partial charge in [-0.3, -0.25) is 9.59 Å². The number of nitrogens with zero attached hydrogens (tertiary/aromatic N) is 1. The highest BCUT2D eigenvalue weighted by molar-refractivity contribution is 7.13. The fourth-order valence-corrected chi connectivity index (χ4v) is 2.92. The summed E-state index contributed by atoms with van der Waals surface area (Å²) in [6, 6.07) is 3.84. The predicted octanol–water partition coefficient (Wildman–Crippen LogP) is 3.07. The van der Waals surface area contributed by atoms with Gasteiger partial charge in [0, 0.05) is 10.9 Å². The maximum Gasteiger partial charge on any atom is 0.416 e. The monoisotopic (exact) mass is 371 g/mol. The van der Waals surface area contributed by atoms with Gasteiger partial charge in [0.1, 0.15) is 16.7 Å². The Morgan fingerprint density at radius 1 is 1.28 bits per heavy atom. The van der Waals surface area contributed by atoms with Gasteiger partial charge in [0.2, 0.25) is 5.91 Å². The van der Waals surface area contributed by atoms with E-state index in [1.165, 1.54) is 17.5 Å². The van der Waals surface area contributed by atoms with Gasteiger partial charge in [-0.05, 0) is 18.1 Å². The molecule has 2 amide bonds. The van der Waals surface area contributed by atoms with Crippen LogP contribution in [0.15, 0.2) is 29.6 Å². The van der Waals surface area contributed by atoms with Crippen molar-refractivity contribution >= 4 is 23.2 Å². The number of thiazole rings is 1. The van der Waals surface area contributed by atoms with Crippen LogP contribution in [0.3, 0.4) is 0 Å². The molecule has 5 nitrogen and oxygen atoms in total. The SMILES string of the molecule is CC(C)C(NC(=O)c1csc(-c2cccc(C(F)(F)F)c2)n1)C(N)=O. The van der Waals surface area contributed by atoms with Crippen LogP contribution < -0.4 is 11.1 Å². The van der Waals surface area contributed by atoms with Gasteiger partial charge in [-0.1, -0.05) is 26.0 Å². The van der Waals surface area contributed by atoms with Gasteiger partial charge in [-0.25, -0.2) is 4.98 Å². The molecular weight excluding hydrogens is 355 g/mol. The van der Waals surface area contributed by atoms with E-state index in [1.54, 1.807) is 13.8 Å². The van der Waals surface area contributed by atoms with Crippen molar-refractivity contribution in [3.05, 3.63) is 40.9 Å². The number of carbonyl (C=O) groups excluding carboxylic acids is 2. The third-order valence-electron chi connectivity index (χ3n) is 3.43. The normalized spacial score (nSPS) is 12.9. The first-order valence-corrected chi connectivity index (χ1v) is 8.21. The summed E-state index contributed by atoms with van der Waals surface area (Å²) < 4.78 is 38.4. The molecule has 2 rings (SSSR count). The van der Waals surface area contributed by atoms with Crippen LogP contribution in [0.4, 0.5) is 13.2 Å². The van der Waals surface area contributed by atoms with E-state index < -0.39 is 29.6 Å². The third-order valence-corrected chi connectivity index (χ3v) is 4.32. The number of benzene rings is 1. The molecule has 0 saturated heterocycles. The number of halogens is 3. The minimum absolute atomic E-state index is 0.0179. The first-order valence-electron chi connectivity index (χ1n) is 7.33. The number of carbonyl (C=O) groups is 2. The van der Waals surface area contributed by atoms with E-state index >= 15 is 0 Å². The van der Waals surface area contributed by atoms with Crippen molar-refractivity contribution in [2.45, 2.75) is 26.1 Å². The van der Waals surface area contributed by atoms with Crippen molar-refractivity contribution in [2.75, 3.05) is 0 Å². The van der Waals surface area contributed by atoms with E-state index in [1.807, 2.05) is 0 Å². The number of hydrogen-bond donors (Lipinski definition) is 2. The maximum atomic E-state index is 12.8. The molecule has 134 valence electrons. The lowest BCUT2D eigenvalue weighted by atomic mass is 10.0. The lowest BCUT2D eigenvalue weighted by molar-refractivity contribution is -0.137. The summed E-state index contributed by atoms with van der Waals surface area (Å²) >= 11 is 1.04. The van der Waals surface area contributed by atoms with Crippen LogP contribution in [0.2, 0.25) is 0 Å². The number of nitrogens with one attached hydrogen (secondary N) is 1. The van der Waals surface area contributed by atoms with Crippen molar-refractivity contribution in [3.8, 4) is 10.6 Å². The Kier molecular flexibility index (Phi) is 5.46. The number of rotatable bonds is 5. The fourth-order valence-electron chi connectivity index (χ4n) is 2.12. The zero-order valence-electron chi connectivity index (χ0n) is 13.4. The van der Waals surface area contributed by atoms with Gasteiger partial charge in [-0.2, -0.15) is 13.2 Å². The van der Waals surface area contributed by atoms with Crippen LogP contribution in [0, 0.1) is 5.92 Å². The zero-order valence-corrected chi connectivity index (χ0v) is 14.2. The second-order valence-corrected chi connectivity index (χ2v) is 6.57. The molecule has 1 unspecified atom stereocenters. The Morgan fingerprint density at radius 3 is 2.52 bits per heavy atom. The zero-order chi connectivity index (χ0) is 18.8. The number of alkyl halides is 3. The van der Waals surface area contributed by atoms with E-state index in [-0.39, 0.29) is 22.2 Å². The summed E-state index contributed by atoms with van der Waals surface area (Å²) in [6.45, 7) is 3.45. The van der Waals surface area contributed by atoms with Crippen LogP contribution in [0.1, 0.15) is 29.9 Å². The second-order valence-electron chi connectivity index (χ2n) is 5.71. The Labute approximate surface area is 146 Å². The molecule has 0 bridgehead atoms. The molecule has 9 heteroatoms. The summed E-state index contributed by atoms with van der Waals surface area (Å²) in [6.07, 6.45) is -4.46. The highest BCUT2D eigenvalue weighted by Crippen LogP contribution is 2.33. The Morgan fingerprint density at radius 2 is 1.96 bits per heavy atom. The van der Waals surface area contributed by atoms with Gasteiger partial charge >= 0.3 is 6.18 Å². The smallest absolute Gasteiger partial charge is 0.368 e. The average molecular weight is 371 g/mol. The molecule has 0 aliphatic rings. The molecule has 0 fully saturated rings. The number of primary amides is 1. The Bertz CT molecular complexity index is 787. The van der Waals surface area contributed by atoms with E-state index in [0.29, 0.717) is 0 Å². The molecule has 1 heterocycles. The topological polar surface area (TPSA) is 85.1 Å². The van der Waals surface area contributed by atoms with Crippen LogP contribution in [0.5, 0.6) is 0 Å². The van der Waals surface area contributed by atoms with Gasteiger partial charge in [0.05, 0.1) is 5.56 Å². The molecule has 0 aliphatic carbocycles. The fraction of sp³-hybridized carbons (Fsp3) is 0.312. The van der Waals surface area contributed by atoms with E-state index in [2.05, 4.69) is 10.3 Å². The molecule has 1 atom stereocenters. The molecule has 0 spiro atoms. The van der Waals surface area contributed by atoms with Gasteiger partial charge < -0.3 is 11.1 Å². The third kappa shape index (κ3) is 4.56. The molecule has 1 aromatic heterocycles. The van der Waals surface area contributed by atoms with E-state index in [9.17, 15) is 22.8 Å². The van der Waals surface area contributed by atoms with Crippen molar-refractivity contribution in [3.63, 3.8) is 0 Å². The van der Waals surface area contributed by atoms with Crippen LogP contribution >= 0.6 is 11.3 Å². The van der Waals surface area contributed by atoms with Crippen LogP contribution in [0.25, 0.3) is 10.6 Å². The first-order chi connectivity index (χ1) is 11.6. The second kappa shape index (κ2) is 7.22. The van der Waals surface area contributed by atoms with Gasteiger partial charge in [0.15, 0.2) is 0 Å². The summed E-state index contributed by atoms with van der Waals surface area (Å²) in [5.74, 6) is -1.48. The minimum atomic E-state index is -4.46. The van der Waals surface area contributed by atoms with Crippen LogP contribution in [-0.2, 0) is 11.0 Å². The number of nitrogens with two attached hydrogens (primary N) is 1. The standard InChI is InChI=1S/C16H16F3N3O2S/c1-8(2)12(13(20)23)22-14(24)11-7-25-15(21-11)9-4-3-5-10(6-9)16(17,18)19/h3-8,12H,1-2H3,(H2,20,23)(H,22,24). The summed E-state index contributed by atoms with van der Waals surface area (Å²) in [5.41, 5.74) is 4.72. The Balaban J connectivity index is 2.23. The van der Waals surface area contributed by atoms with Crippen LogP contribution in [-0.4, -0.2) is 22.8 Å². The molecular formula is C16H16F3N3O2S. The summed E-state index contributed by atoms with van der Waals surface area (Å²) in [4.78, 5) is 27.6. The molecule has 1 aromatic carbocycles. The van der Waals surface area contributed by atoms with Gasteiger partial charge in [-0.15, -0.1) is 11.3 Å². The first kappa shape index (κ1) is 18.9. The van der Waals surface area contributed by atoms with Crippen molar-refractivity contribution in [2.24, 2.45) is 11.7 Å². The Hall–Kier alpha value is -2.42. The highest BCUT2D eigenvalue weighted by Gasteiger charge is 2.30. The average Bonchev–Trinajstić information content (AvgIpc) is 3.01. The highest BCUT2D eigenvalue weighted by atomic mass is 32.1. The van der Waals surface area contributed by atoms with Crippen molar-refractivity contribution in [1.29, 1.82) is 0 Å². The van der Waals surface area contributed by atoms with Gasteiger partial charge in [0.25, 0.3) is 5.91 Å². The van der Waals surface area contributed by atoms with E-state index in [0.717, 1.165) is 23.5 Å². The largest absolute Gasteiger partial charge is 0.416 e. The van der Waals surface area contributed by atoms with Crippen molar-refractivity contribution in [1.82, 2.24) is 10.3 Å². The number of aromatic nitrogens is 1. The molecule has 3 N–H and O–H groups in total. The quantitative estimate of drug-likeness (QED) is 0.847. The van der Waals surface area contributed by atoms with Crippen molar-refractivity contribution < 1.29 is 22.8 Å². The lowest BCUT2D eigenvalue weighted by Crippen LogP contribution is -2.47. The molecule has 0 saturated carbocycles. The maximum absolute atomic E-state index is 12.8. The lowest BCUT2D eigenvalue weighted by Gasteiger charge is -2.18. The minimum Gasteiger partial charge on any atom is -0.368 e. The number of amides is 2. The number of hydrogen-bond acceptors (Lipinski definition) is 4. The predicted molar refractivity (Wildman–Crippen MR) is 87.8 cm³/mol. The summed E-state index contributed by atoms with van der Waals surface area (Å²) in [7, 11) is 0. The molecule has 0 radical (unpaired) electrons. The summed E-state index contributed by atoms with van der Waals surface area (Å²) in [5, 5.41) is 4.18. The molecule has 2 aromatic rings. The molecule has 25 heavy (non-hydrogen) atoms. The van der Waals surface area contributed by atoms with E-state index in [4.69, 9.17) is 5.73 Å².